The molecule has 4 nitrogen and oxygen atoms in total. The Hall–Kier alpha value is -3.18. The van der Waals surface area contributed by atoms with Crippen molar-refractivity contribution in [2.75, 3.05) is 5.32 Å². The van der Waals surface area contributed by atoms with Crippen LogP contribution < -0.4 is 5.32 Å². The van der Waals surface area contributed by atoms with E-state index in [0.717, 1.165) is 22.4 Å². The van der Waals surface area contributed by atoms with Gasteiger partial charge in [0.15, 0.2) is 0 Å². The third kappa shape index (κ3) is 4.00. The molecule has 1 atom stereocenters. The van der Waals surface area contributed by atoms with E-state index in [0.29, 0.717) is 17.3 Å². The number of halogens is 2. The van der Waals surface area contributed by atoms with Crippen molar-refractivity contribution in [1.82, 2.24) is 10.2 Å². The van der Waals surface area contributed by atoms with Gasteiger partial charge >= 0.3 is 0 Å². The van der Waals surface area contributed by atoms with Crippen LogP contribution in [0, 0.1) is 19.7 Å². The van der Waals surface area contributed by atoms with E-state index in [4.69, 9.17) is 16.0 Å². The fourth-order valence-corrected chi connectivity index (χ4v) is 3.40. The van der Waals surface area contributed by atoms with Gasteiger partial charge in [-0.05, 0) is 55.3 Å². The lowest BCUT2D eigenvalue weighted by atomic mass is 10.0. The van der Waals surface area contributed by atoms with Gasteiger partial charge in [0, 0.05) is 21.8 Å². The number of benzene rings is 3. The highest BCUT2D eigenvalue weighted by molar-refractivity contribution is 6.31. The first kappa shape index (κ1) is 19.2. The molecule has 0 aliphatic carbocycles. The minimum Gasteiger partial charge on any atom is -0.418 e. The number of aromatic nitrogens is 2. The van der Waals surface area contributed by atoms with Gasteiger partial charge in [0.25, 0.3) is 0 Å². The first-order valence-corrected chi connectivity index (χ1v) is 9.57. The third-order valence-corrected chi connectivity index (χ3v) is 5.21. The van der Waals surface area contributed by atoms with Crippen molar-refractivity contribution >= 4 is 17.3 Å². The summed E-state index contributed by atoms with van der Waals surface area (Å²) in [6.07, 6.45) is 0. The first-order chi connectivity index (χ1) is 14.0. The zero-order valence-electron chi connectivity index (χ0n) is 16.0. The molecule has 0 aliphatic rings. The smallest absolute Gasteiger partial charge is 0.247 e. The Kier molecular flexibility index (Phi) is 5.32. The molecule has 0 radical (unpaired) electrons. The van der Waals surface area contributed by atoms with E-state index >= 15 is 0 Å². The molecule has 146 valence electrons. The molecule has 0 amide bonds. The van der Waals surface area contributed by atoms with Crippen LogP contribution in [0.15, 0.2) is 71.1 Å². The van der Waals surface area contributed by atoms with Crippen LogP contribution in [-0.2, 0) is 0 Å². The van der Waals surface area contributed by atoms with E-state index < -0.39 is 11.9 Å². The molecule has 3 aromatic carbocycles. The van der Waals surface area contributed by atoms with Gasteiger partial charge in [-0.1, -0.05) is 48.0 Å². The molecule has 0 saturated carbocycles. The molecule has 4 aromatic rings. The minimum absolute atomic E-state index is 0.285. The Bertz CT molecular complexity index is 1140. The summed E-state index contributed by atoms with van der Waals surface area (Å²) in [6.45, 7) is 4.07. The maximum Gasteiger partial charge on any atom is 0.247 e. The molecule has 6 heteroatoms. The lowest BCUT2D eigenvalue weighted by Gasteiger charge is -2.20. The SMILES string of the molecule is Cc1cccc(N[C@@H](c2nnc(-c3ccccc3)o2)c2ccc(F)cc2Cl)c1C. The van der Waals surface area contributed by atoms with Gasteiger partial charge in [0.05, 0.1) is 0 Å². The zero-order chi connectivity index (χ0) is 20.4. The molecule has 4 rings (SSSR count). The number of aryl methyl sites for hydroxylation is 1. The Labute approximate surface area is 173 Å². The van der Waals surface area contributed by atoms with Gasteiger partial charge < -0.3 is 9.73 Å². The van der Waals surface area contributed by atoms with Crippen LogP contribution in [0.5, 0.6) is 0 Å². The van der Waals surface area contributed by atoms with E-state index in [9.17, 15) is 4.39 Å². The number of nitrogens with zero attached hydrogens (tertiary/aromatic N) is 2. The molecule has 0 spiro atoms. The number of anilines is 1. The predicted molar refractivity (Wildman–Crippen MR) is 113 cm³/mol. The van der Waals surface area contributed by atoms with Gasteiger partial charge in [-0.2, -0.15) is 0 Å². The van der Waals surface area contributed by atoms with Crippen molar-refractivity contribution in [2.24, 2.45) is 0 Å². The molecule has 1 aromatic heterocycles. The second-order valence-electron chi connectivity index (χ2n) is 6.80. The Morgan fingerprint density at radius 1 is 0.966 bits per heavy atom. The quantitative estimate of drug-likeness (QED) is 0.419. The molecular formula is C23H19ClFN3O. The molecule has 1 heterocycles. The van der Waals surface area contributed by atoms with Crippen LogP contribution in [0.4, 0.5) is 10.1 Å². The number of hydrogen-bond donors (Lipinski definition) is 1. The van der Waals surface area contributed by atoms with Gasteiger partial charge in [-0.15, -0.1) is 10.2 Å². The van der Waals surface area contributed by atoms with Crippen LogP contribution in [0.1, 0.15) is 28.6 Å². The van der Waals surface area contributed by atoms with Crippen LogP contribution in [0.2, 0.25) is 5.02 Å². The van der Waals surface area contributed by atoms with Crippen LogP contribution in [0.3, 0.4) is 0 Å². The molecule has 0 saturated heterocycles. The predicted octanol–water partition coefficient (Wildman–Crippen LogP) is 6.35. The number of hydrogen-bond acceptors (Lipinski definition) is 4. The fraction of sp³-hybridized carbons (Fsp3) is 0.130. The van der Waals surface area contributed by atoms with E-state index in [1.807, 2.05) is 62.4 Å². The second kappa shape index (κ2) is 8.05. The Morgan fingerprint density at radius 3 is 2.52 bits per heavy atom. The standard InChI is InChI=1S/C23H19ClFN3O/c1-14-7-6-10-20(15(14)2)26-21(18-12-11-17(25)13-19(18)24)23-28-27-22(29-23)16-8-4-3-5-9-16/h3-13,21,26H,1-2H3/t21-/m1/s1. The van der Waals surface area contributed by atoms with Crippen LogP contribution in [-0.4, -0.2) is 10.2 Å². The average molecular weight is 408 g/mol. The highest BCUT2D eigenvalue weighted by Gasteiger charge is 2.24. The van der Waals surface area contributed by atoms with Crippen molar-refractivity contribution in [3.05, 3.63) is 100 Å². The van der Waals surface area contributed by atoms with Crippen LogP contribution in [0.25, 0.3) is 11.5 Å². The number of nitrogens with one attached hydrogen (secondary N) is 1. The van der Waals surface area contributed by atoms with E-state index in [2.05, 4.69) is 15.5 Å². The highest BCUT2D eigenvalue weighted by Crippen LogP contribution is 2.34. The summed E-state index contributed by atoms with van der Waals surface area (Å²) in [5, 5.41) is 12.2. The van der Waals surface area contributed by atoms with Crippen molar-refractivity contribution < 1.29 is 8.81 Å². The largest absolute Gasteiger partial charge is 0.418 e. The molecule has 0 fully saturated rings. The molecule has 0 aliphatic heterocycles. The maximum atomic E-state index is 13.6. The minimum atomic E-state index is -0.534. The first-order valence-electron chi connectivity index (χ1n) is 9.19. The Balaban J connectivity index is 1.78. The summed E-state index contributed by atoms with van der Waals surface area (Å²) < 4.78 is 19.6. The molecule has 1 N–H and O–H groups in total. The van der Waals surface area contributed by atoms with E-state index in [1.54, 1.807) is 6.07 Å². The van der Waals surface area contributed by atoms with Gasteiger partial charge in [0.1, 0.15) is 11.9 Å². The van der Waals surface area contributed by atoms with Gasteiger partial charge in [-0.3, -0.25) is 0 Å². The monoisotopic (exact) mass is 407 g/mol. The fourth-order valence-electron chi connectivity index (χ4n) is 3.12. The average Bonchev–Trinajstić information content (AvgIpc) is 3.20. The summed E-state index contributed by atoms with van der Waals surface area (Å²) in [5.41, 5.74) is 4.63. The normalized spacial score (nSPS) is 12.0. The maximum absolute atomic E-state index is 13.6. The topological polar surface area (TPSA) is 51.0 Å². The van der Waals surface area contributed by atoms with Crippen molar-refractivity contribution in [3.63, 3.8) is 0 Å². The van der Waals surface area contributed by atoms with Crippen molar-refractivity contribution in [1.29, 1.82) is 0 Å². The lowest BCUT2D eigenvalue weighted by Crippen LogP contribution is -2.14. The van der Waals surface area contributed by atoms with Crippen molar-refractivity contribution in [3.8, 4) is 11.5 Å². The summed E-state index contributed by atoms with van der Waals surface area (Å²) in [6, 6.07) is 19.3. The third-order valence-electron chi connectivity index (χ3n) is 4.89. The Morgan fingerprint density at radius 2 is 1.76 bits per heavy atom. The van der Waals surface area contributed by atoms with E-state index in [1.165, 1.54) is 12.1 Å². The molecular weight excluding hydrogens is 389 g/mol. The second-order valence-corrected chi connectivity index (χ2v) is 7.21. The van der Waals surface area contributed by atoms with E-state index in [-0.39, 0.29) is 5.02 Å². The summed E-state index contributed by atoms with van der Waals surface area (Å²) in [4.78, 5) is 0. The van der Waals surface area contributed by atoms with Crippen molar-refractivity contribution in [2.45, 2.75) is 19.9 Å². The van der Waals surface area contributed by atoms with Gasteiger partial charge in [-0.25, -0.2) is 4.39 Å². The summed E-state index contributed by atoms with van der Waals surface area (Å²) in [5.74, 6) is 0.351. The van der Waals surface area contributed by atoms with Crippen LogP contribution >= 0.6 is 11.6 Å². The highest BCUT2D eigenvalue weighted by atomic mass is 35.5. The number of rotatable bonds is 5. The molecule has 0 unspecified atom stereocenters. The molecule has 0 bridgehead atoms. The van der Waals surface area contributed by atoms with Gasteiger partial charge in [0.2, 0.25) is 11.8 Å². The molecule has 29 heavy (non-hydrogen) atoms. The summed E-state index contributed by atoms with van der Waals surface area (Å²) >= 11 is 6.37. The zero-order valence-corrected chi connectivity index (χ0v) is 16.7. The lowest BCUT2D eigenvalue weighted by molar-refractivity contribution is 0.493. The summed E-state index contributed by atoms with van der Waals surface area (Å²) in [7, 11) is 0.